The summed E-state index contributed by atoms with van der Waals surface area (Å²) in [7, 11) is -2.46. The van der Waals surface area contributed by atoms with E-state index in [2.05, 4.69) is 29.9 Å². The van der Waals surface area contributed by atoms with E-state index >= 15 is 0 Å². The van der Waals surface area contributed by atoms with E-state index in [1.807, 2.05) is 13.8 Å². The van der Waals surface area contributed by atoms with Gasteiger partial charge in [0.25, 0.3) is 5.56 Å². The number of nitrogens with one attached hydrogen (secondary N) is 2. The zero-order valence-electron chi connectivity index (χ0n) is 22.9. The first-order valence-electron chi connectivity index (χ1n) is 12.9. The van der Waals surface area contributed by atoms with Crippen molar-refractivity contribution in [3.8, 4) is 5.82 Å². The van der Waals surface area contributed by atoms with Gasteiger partial charge in [0.1, 0.15) is 11.4 Å². The maximum absolute atomic E-state index is 13.3. The Morgan fingerprint density at radius 1 is 1.12 bits per heavy atom. The molecular formula is C26H30F3N9O2S. The van der Waals surface area contributed by atoms with Crippen molar-refractivity contribution in [2.24, 2.45) is 4.36 Å². The van der Waals surface area contributed by atoms with Crippen LogP contribution < -0.4 is 21.1 Å². The van der Waals surface area contributed by atoms with E-state index in [1.54, 1.807) is 52.0 Å². The molecular weight excluding hydrogens is 559 g/mol. The minimum absolute atomic E-state index is 0.170. The van der Waals surface area contributed by atoms with Gasteiger partial charge >= 0.3 is 6.18 Å². The molecule has 41 heavy (non-hydrogen) atoms. The molecule has 1 atom stereocenters. The van der Waals surface area contributed by atoms with Gasteiger partial charge in [-0.1, -0.05) is 6.07 Å². The lowest BCUT2D eigenvalue weighted by Crippen LogP contribution is -2.57. The standard InChI is InChI=1S/C26H30F3N9O2S/c1-16(2)37-24(39)19-14-31-25(34-23(19)38(37)22-7-5-6-21(33-22)35-41(3,4)40)32-17-8-10-18(11-9-17)36-13-12-30-20(15-36)26(27,28)29/h5-11,14,16,20,30H,12-13,15H2,1-4H3,(H,31,32,34). The number of nitrogens with zero attached hydrogens (tertiary/aromatic N) is 7. The van der Waals surface area contributed by atoms with Crippen LogP contribution in [0.3, 0.4) is 0 Å². The summed E-state index contributed by atoms with van der Waals surface area (Å²) in [5.74, 6) is 0.851. The van der Waals surface area contributed by atoms with Crippen molar-refractivity contribution in [2.75, 3.05) is 42.4 Å². The van der Waals surface area contributed by atoms with Gasteiger partial charge in [-0.2, -0.15) is 22.5 Å². The van der Waals surface area contributed by atoms with Crippen molar-refractivity contribution < 1.29 is 17.4 Å². The van der Waals surface area contributed by atoms with Crippen molar-refractivity contribution in [1.29, 1.82) is 0 Å². The first-order chi connectivity index (χ1) is 19.3. The lowest BCUT2D eigenvalue weighted by atomic mass is 10.1. The average Bonchev–Trinajstić information content (AvgIpc) is 3.20. The van der Waals surface area contributed by atoms with Gasteiger partial charge < -0.3 is 15.5 Å². The van der Waals surface area contributed by atoms with E-state index in [1.165, 1.54) is 23.4 Å². The van der Waals surface area contributed by atoms with E-state index < -0.39 is 21.9 Å². The number of fused-ring (bicyclic) bond motifs is 1. The zero-order valence-corrected chi connectivity index (χ0v) is 23.7. The fourth-order valence-electron chi connectivity index (χ4n) is 4.64. The first-order valence-corrected chi connectivity index (χ1v) is 15.2. The molecule has 15 heteroatoms. The highest BCUT2D eigenvalue weighted by molar-refractivity contribution is 7.92. The van der Waals surface area contributed by atoms with Gasteiger partial charge in [-0.3, -0.25) is 4.79 Å². The van der Waals surface area contributed by atoms with Gasteiger partial charge in [-0.15, -0.1) is 0 Å². The molecule has 1 aliphatic heterocycles. The normalized spacial score (nSPS) is 16.4. The molecule has 11 nitrogen and oxygen atoms in total. The van der Waals surface area contributed by atoms with Gasteiger partial charge in [0.15, 0.2) is 17.3 Å². The molecule has 1 fully saturated rings. The van der Waals surface area contributed by atoms with Crippen LogP contribution in [0.2, 0.25) is 0 Å². The molecule has 4 heterocycles. The average molecular weight is 590 g/mol. The third-order valence-corrected chi connectivity index (χ3v) is 7.05. The molecule has 1 aliphatic rings. The Labute approximate surface area is 234 Å². The van der Waals surface area contributed by atoms with Crippen molar-refractivity contribution in [3.63, 3.8) is 0 Å². The van der Waals surface area contributed by atoms with Crippen LogP contribution in [0.25, 0.3) is 16.9 Å². The number of rotatable bonds is 6. The predicted molar refractivity (Wildman–Crippen MR) is 153 cm³/mol. The second kappa shape index (κ2) is 10.8. The molecule has 4 aromatic rings. The Balaban J connectivity index is 1.47. The van der Waals surface area contributed by atoms with Crippen molar-refractivity contribution in [1.82, 2.24) is 29.6 Å². The Kier molecular flexibility index (Phi) is 7.50. The monoisotopic (exact) mass is 589 g/mol. The Morgan fingerprint density at radius 2 is 1.85 bits per heavy atom. The van der Waals surface area contributed by atoms with Crippen LogP contribution in [0.5, 0.6) is 0 Å². The third-order valence-electron chi connectivity index (χ3n) is 6.42. The molecule has 0 bridgehead atoms. The van der Waals surface area contributed by atoms with Crippen LogP contribution in [0.1, 0.15) is 19.9 Å². The van der Waals surface area contributed by atoms with Crippen LogP contribution in [0, 0.1) is 0 Å². The number of alkyl halides is 3. The molecule has 1 aromatic carbocycles. The summed E-state index contributed by atoms with van der Waals surface area (Å²) in [5.41, 5.74) is 1.31. The largest absolute Gasteiger partial charge is 0.405 e. The minimum Gasteiger partial charge on any atom is -0.368 e. The molecule has 2 N–H and O–H groups in total. The summed E-state index contributed by atoms with van der Waals surface area (Å²) < 4.78 is 59.1. The van der Waals surface area contributed by atoms with Crippen molar-refractivity contribution in [3.05, 3.63) is 59.0 Å². The van der Waals surface area contributed by atoms with E-state index in [0.717, 1.165) is 0 Å². The zero-order chi connectivity index (χ0) is 29.5. The molecule has 1 saturated heterocycles. The maximum atomic E-state index is 13.3. The second-order valence-electron chi connectivity index (χ2n) is 10.3. The maximum Gasteiger partial charge on any atom is 0.405 e. The molecule has 0 radical (unpaired) electrons. The summed E-state index contributed by atoms with van der Waals surface area (Å²) in [6.07, 6.45) is 0.146. The summed E-state index contributed by atoms with van der Waals surface area (Å²) in [4.78, 5) is 28.4. The Bertz CT molecular complexity index is 1750. The lowest BCUT2D eigenvalue weighted by molar-refractivity contribution is -0.155. The highest BCUT2D eigenvalue weighted by Gasteiger charge is 2.42. The van der Waals surface area contributed by atoms with Crippen LogP contribution in [-0.4, -0.2) is 72.9 Å². The number of piperazine rings is 1. The van der Waals surface area contributed by atoms with Gasteiger partial charge in [-0.25, -0.2) is 23.5 Å². The summed E-state index contributed by atoms with van der Waals surface area (Å²) in [6.45, 7) is 4.24. The van der Waals surface area contributed by atoms with Gasteiger partial charge in [0, 0.05) is 65.5 Å². The van der Waals surface area contributed by atoms with Crippen LogP contribution in [0.15, 0.2) is 57.8 Å². The van der Waals surface area contributed by atoms with E-state index in [0.29, 0.717) is 29.4 Å². The number of hydrogen-bond donors (Lipinski definition) is 2. The molecule has 5 rings (SSSR count). The number of benzene rings is 1. The second-order valence-corrected chi connectivity index (χ2v) is 12.8. The van der Waals surface area contributed by atoms with Crippen molar-refractivity contribution >= 4 is 43.9 Å². The lowest BCUT2D eigenvalue weighted by Gasteiger charge is -2.36. The SMILES string of the molecule is CC(C)n1c(=O)c2cnc(Nc3ccc(N4CCNC(C(F)(F)F)C4)cc3)nc2n1-c1cccc(N=S(C)(C)=O)n1. The van der Waals surface area contributed by atoms with Crippen LogP contribution >= 0.6 is 0 Å². The highest BCUT2D eigenvalue weighted by atomic mass is 32.2. The molecule has 218 valence electrons. The summed E-state index contributed by atoms with van der Waals surface area (Å²) in [5, 5.41) is 5.91. The van der Waals surface area contributed by atoms with Gasteiger partial charge in [0.05, 0.1) is 0 Å². The van der Waals surface area contributed by atoms with Crippen LogP contribution in [-0.2, 0) is 9.73 Å². The molecule has 1 unspecified atom stereocenters. The van der Waals surface area contributed by atoms with Crippen molar-refractivity contribution in [2.45, 2.75) is 32.1 Å². The third kappa shape index (κ3) is 6.20. The molecule has 0 amide bonds. The number of hydrogen-bond acceptors (Lipinski definition) is 9. The van der Waals surface area contributed by atoms with Crippen LogP contribution in [0.4, 0.5) is 36.3 Å². The summed E-state index contributed by atoms with van der Waals surface area (Å²) >= 11 is 0. The molecule has 0 aliphatic carbocycles. The van der Waals surface area contributed by atoms with E-state index in [-0.39, 0.29) is 41.8 Å². The quantitative estimate of drug-likeness (QED) is 0.346. The molecule has 3 aromatic heterocycles. The fourth-order valence-corrected chi connectivity index (χ4v) is 5.19. The fraction of sp³-hybridized carbons (Fsp3) is 0.385. The Hall–Kier alpha value is -3.98. The predicted octanol–water partition coefficient (Wildman–Crippen LogP) is 4.00. The van der Waals surface area contributed by atoms with Gasteiger partial charge in [0.2, 0.25) is 5.95 Å². The Morgan fingerprint density at radius 3 is 2.51 bits per heavy atom. The smallest absolute Gasteiger partial charge is 0.368 e. The summed E-state index contributed by atoms with van der Waals surface area (Å²) in [6, 6.07) is 10.2. The number of pyridine rings is 1. The van der Waals surface area contributed by atoms with E-state index in [9.17, 15) is 22.2 Å². The molecule has 0 spiro atoms. The van der Waals surface area contributed by atoms with E-state index in [4.69, 9.17) is 0 Å². The number of anilines is 3. The molecule has 0 saturated carbocycles. The number of aromatic nitrogens is 5. The van der Waals surface area contributed by atoms with Gasteiger partial charge in [-0.05, 0) is 50.2 Å². The topological polar surface area (TPSA) is 122 Å². The highest BCUT2D eigenvalue weighted by Crippen LogP contribution is 2.27. The minimum atomic E-state index is -4.31. The first kappa shape index (κ1) is 28.5. The number of halogens is 3.